The zero-order chi connectivity index (χ0) is 13.6. The van der Waals surface area contributed by atoms with Crippen LogP contribution in [0.5, 0.6) is 0 Å². The van der Waals surface area contributed by atoms with Gasteiger partial charge in [0.15, 0.2) is 0 Å². The molecule has 4 atom stereocenters. The van der Waals surface area contributed by atoms with Gasteiger partial charge < -0.3 is 10.2 Å². The molecule has 0 aromatic rings. The quantitative estimate of drug-likeness (QED) is 0.747. The average Bonchev–Trinajstić information content (AvgIpc) is 2.29. The fourth-order valence-electron chi connectivity index (χ4n) is 2.76. The lowest BCUT2D eigenvalue weighted by Gasteiger charge is -2.49. The second-order valence-corrected chi connectivity index (χ2v) is 5.94. The summed E-state index contributed by atoms with van der Waals surface area (Å²) in [5.74, 6) is 0. The molecule has 0 aromatic carbocycles. The van der Waals surface area contributed by atoms with Crippen LogP contribution in [0.2, 0.25) is 0 Å². The molecule has 0 fully saturated rings. The van der Waals surface area contributed by atoms with Crippen LogP contribution in [0.1, 0.15) is 27.7 Å². The summed E-state index contributed by atoms with van der Waals surface area (Å²) in [5, 5.41) is 20.8. The Hall–Kier alpha value is -1.12. The first-order valence-corrected chi connectivity index (χ1v) is 6.41. The van der Waals surface area contributed by atoms with Crippen LogP contribution in [0, 0.1) is 10.8 Å². The smallest absolute Gasteiger partial charge is 0.0823 e. The van der Waals surface area contributed by atoms with E-state index in [1.165, 1.54) is 0 Å². The van der Waals surface area contributed by atoms with E-state index in [0.29, 0.717) is 0 Å². The third kappa shape index (κ3) is 1.80. The molecule has 2 heteroatoms. The summed E-state index contributed by atoms with van der Waals surface area (Å²) >= 11 is 0. The summed E-state index contributed by atoms with van der Waals surface area (Å²) in [6, 6.07) is 0. The summed E-state index contributed by atoms with van der Waals surface area (Å²) in [5.41, 5.74) is 1.12. The minimum atomic E-state index is -0.585. The predicted octanol–water partition coefficient (Wildman–Crippen LogP) is 2.75. The van der Waals surface area contributed by atoms with Crippen molar-refractivity contribution in [2.75, 3.05) is 0 Å². The van der Waals surface area contributed by atoms with Gasteiger partial charge in [-0.15, -0.1) is 0 Å². The molecule has 0 heterocycles. The zero-order valence-electron chi connectivity index (χ0n) is 11.5. The predicted molar refractivity (Wildman–Crippen MR) is 74.0 cm³/mol. The lowest BCUT2D eigenvalue weighted by Crippen LogP contribution is -2.51. The van der Waals surface area contributed by atoms with Gasteiger partial charge in [-0.25, -0.2) is 0 Å². The standard InChI is InChI=1S/C16H22O2/c1-11-5-7-15(3,13(17)9-11)16(4)8-6-12(2)10-14(16)18/h5-10,13-14,17-18H,1-4H3. The van der Waals surface area contributed by atoms with Crippen LogP contribution < -0.4 is 0 Å². The van der Waals surface area contributed by atoms with Gasteiger partial charge in [-0.3, -0.25) is 0 Å². The van der Waals surface area contributed by atoms with Crippen molar-refractivity contribution in [3.63, 3.8) is 0 Å². The first-order chi connectivity index (χ1) is 8.29. The van der Waals surface area contributed by atoms with Crippen LogP contribution in [-0.2, 0) is 0 Å². The summed E-state index contributed by atoms with van der Waals surface area (Å²) in [6.07, 6.45) is 10.6. The Morgan fingerprint density at radius 2 is 1.17 bits per heavy atom. The maximum atomic E-state index is 10.4. The van der Waals surface area contributed by atoms with E-state index in [-0.39, 0.29) is 0 Å². The number of hydrogen-bond donors (Lipinski definition) is 2. The van der Waals surface area contributed by atoms with Crippen molar-refractivity contribution in [3.8, 4) is 0 Å². The first-order valence-electron chi connectivity index (χ1n) is 6.41. The van der Waals surface area contributed by atoms with Gasteiger partial charge in [0.1, 0.15) is 0 Å². The Labute approximate surface area is 109 Å². The van der Waals surface area contributed by atoms with Crippen LogP contribution in [0.15, 0.2) is 47.6 Å². The molecule has 2 nitrogen and oxygen atoms in total. The highest BCUT2D eigenvalue weighted by molar-refractivity contribution is 5.37. The molecule has 0 bridgehead atoms. The van der Waals surface area contributed by atoms with E-state index in [1.807, 2.05) is 64.2 Å². The fraction of sp³-hybridized carbons (Fsp3) is 0.500. The molecule has 4 unspecified atom stereocenters. The van der Waals surface area contributed by atoms with Gasteiger partial charge in [0.2, 0.25) is 0 Å². The number of rotatable bonds is 1. The van der Waals surface area contributed by atoms with Crippen molar-refractivity contribution in [1.82, 2.24) is 0 Å². The Bertz CT molecular complexity index is 425. The van der Waals surface area contributed by atoms with E-state index >= 15 is 0 Å². The highest BCUT2D eigenvalue weighted by Crippen LogP contribution is 2.50. The van der Waals surface area contributed by atoms with Crippen molar-refractivity contribution in [2.45, 2.75) is 39.9 Å². The molecule has 0 amide bonds. The molecule has 2 N–H and O–H groups in total. The topological polar surface area (TPSA) is 40.5 Å². The third-order valence-corrected chi connectivity index (χ3v) is 4.62. The lowest BCUT2D eigenvalue weighted by atomic mass is 9.57. The van der Waals surface area contributed by atoms with E-state index in [0.717, 1.165) is 11.1 Å². The van der Waals surface area contributed by atoms with Crippen LogP contribution in [-0.4, -0.2) is 22.4 Å². The molecule has 2 aliphatic carbocycles. The van der Waals surface area contributed by atoms with E-state index in [4.69, 9.17) is 0 Å². The van der Waals surface area contributed by atoms with Gasteiger partial charge in [0.25, 0.3) is 0 Å². The Morgan fingerprint density at radius 1 is 0.833 bits per heavy atom. The van der Waals surface area contributed by atoms with Gasteiger partial charge in [0.05, 0.1) is 12.2 Å². The molecule has 0 aromatic heterocycles. The normalized spacial score (nSPS) is 43.7. The molecule has 2 aliphatic rings. The zero-order valence-corrected chi connectivity index (χ0v) is 11.5. The van der Waals surface area contributed by atoms with E-state index in [2.05, 4.69) is 0 Å². The highest BCUT2D eigenvalue weighted by Gasteiger charge is 2.50. The van der Waals surface area contributed by atoms with E-state index < -0.39 is 23.0 Å². The Kier molecular flexibility index (Phi) is 3.12. The van der Waals surface area contributed by atoms with E-state index in [9.17, 15) is 10.2 Å². The maximum Gasteiger partial charge on any atom is 0.0823 e. The average molecular weight is 246 g/mol. The monoisotopic (exact) mass is 246 g/mol. The highest BCUT2D eigenvalue weighted by atomic mass is 16.3. The Balaban J connectivity index is 2.43. The van der Waals surface area contributed by atoms with Crippen LogP contribution in [0.25, 0.3) is 0 Å². The molecule has 0 aliphatic heterocycles. The minimum absolute atomic E-state index is 0.500. The molecule has 0 spiro atoms. The molecule has 2 rings (SSSR count). The van der Waals surface area contributed by atoms with Crippen molar-refractivity contribution < 1.29 is 10.2 Å². The fourth-order valence-corrected chi connectivity index (χ4v) is 2.76. The van der Waals surface area contributed by atoms with Gasteiger partial charge in [-0.1, -0.05) is 61.4 Å². The maximum absolute atomic E-state index is 10.4. The first kappa shape index (κ1) is 13.3. The van der Waals surface area contributed by atoms with Crippen LogP contribution >= 0.6 is 0 Å². The van der Waals surface area contributed by atoms with Crippen molar-refractivity contribution in [2.24, 2.45) is 10.8 Å². The molecule has 98 valence electrons. The molecular formula is C16H22O2. The van der Waals surface area contributed by atoms with E-state index in [1.54, 1.807) is 0 Å². The van der Waals surface area contributed by atoms with Crippen molar-refractivity contribution in [3.05, 3.63) is 47.6 Å². The lowest BCUT2D eigenvalue weighted by molar-refractivity contribution is -0.0315. The molecule has 18 heavy (non-hydrogen) atoms. The molecular weight excluding hydrogens is 224 g/mol. The van der Waals surface area contributed by atoms with Gasteiger partial charge >= 0.3 is 0 Å². The Morgan fingerprint density at radius 3 is 1.44 bits per heavy atom. The summed E-state index contributed by atoms with van der Waals surface area (Å²) < 4.78 is 0. The second kappa shape index (κ2) is 4.22. The number of aliphatic hydroxyl groups excluding tert-OH is 2. The minimum Gasteiger partial charge on any atom is -0.388 e. The van der Waals surface area contributed by atoms with Crippen LogP contribution in [0.3, 0.4) is 0 Å². The van der Waals surface area contributed by atoms with Gasteiger partial charge in [0, 0.05) is 10.8 Å². The number of aliphatic hydroxyl groups is 2. The molecule has 0 saturated heterocycles. The number of hydrogen-bond acceptors (Lipinski definition) is 2. The van der Waals surface area contributed by atoms with Crippen LogP contribution in [0.4, 0.5) is 0 Å². The summed E-state index contributed by atoms with van der Waals surface area (Å²) in [4.78, 5) is 0. The van der Waals surface area contributed by atoms with Gasteiger partial charge in [-0.2, -0.15) is 0 Å². The molecule has 0 saturated carbocycles. The van der Waals surface area contributed by atoms with Crippen molar-refractivity contribution in [1.29, 1.82) is 0 Å². The molecule has 0 radical (unpaired) electrons. The van der Waals surface area contributed by atoms with Gasteiger partial charge in [-0.05, 0) is 13.8 Å². The number of allylic oxidation sites excluding steroid dienone is 4. The summed E-state index contributed by atoms with van der Waals surface area (Å²) in [6.45, 7) is 7.94. The third-order valence-electron chi connectivity index (χ3n) is 4.62. The van der Waals surface area contributed by atoms with Crippen molar-refractivity contribution >= 4 is 0 Å². The largest absolute Gasteiger partial charge is 0.388 e. The summed E-state index contributed by atoms with van der Waals surface area (Å²) in [7, 11) is 0. The second-order valence-electron chi connectivity index (χ2n) is 5.94. The SMILES string of the molecule is CC1=CC(O)C(C)(C2(C)C=CC(C)=CC2O)C=C1.